The second kappa shape index (κ2) is 6.49. The molecule has 4 heterocycles. The van der Waals surface area contributed by atoms with Gasteiger partial charge in [0.15, 0.2) is 5.65 Å². The van der Waals surface area contributed by atoms with Gasteiger partial charge in [-0.1, -0.05) is 17.7 Å². The van der Waals surface area contributed by atoms with Crippen LogP contribution in [0, 0.1) is 5.82 Å². The number of nitrogens with one attached hydrogen (secondary N) is 1. The molecule has 0 amide bonds. The SMILES string of the molecule is CC(c1cccnc1)n1c(=O)[nH]c2cnc(-n3cnc4cc(Cl)c(F)cc43)nc21. The molecule has 0 fully saturated rings. The lowest BCUT2D eigenvalue weighted by atomic mass is 10.1. The Morgan fingerprint density at radius 2 is 2.10 bits per heavy atom. The van der Waals surface area contributed by atoms with Crippen LogP contribution in [0.1, 0.15) is 18.5 Å². The van der Waals surface area contributed by atoms with E-state index in [1.807, 2.05) is 19.1 Å². The Bertz CT molecular complexity index is 1420. The van der Waals surface area contributed by atoms with Gasteiger partial charge in [-0.25, -0.2) is 19.2 Å². The van der Waals surface area contributed by atoms with Crippen LogP contribution in [0.4, 0.5) is 4.39 Å². The topological polar surface area (TPSA) is 94.3 Å². The fourth-order valence-corrected chi connectivity index (χ4v) is 3.48. The molecule has 1 N–H and O–H groups in total. The van der Waals surface area contributed by atoms with Gasteiger partial charge in [-0.15, -0.1) is 0 Å². The van der Waals surface area contributed by atoms with Crippen LogP contribution in [-0.2, 0) is 0 Å². The van der Waals surface area contributed by atoms with Crippen molar-refractivity contribution in [2.45, 2.75) is 13.0 Å². The summed E-state index contributed by atoms with van der Waals surface area (Å²) in [4.78, 5) is 32.5. The summed E-state index contributed by atoms with van der Waals surface area (Å²) < 4.78 is 17.0. The highest BCUT2D eigenvalue weighted by atomic mass is 35.5. The van der Waals surface area contributed by atoms with E-state index in [0.29, 0.717) is 22.2 Å². The Morgan fingerprint density at radius 1 is 1.24 bits per heavy atom. The van der Waals surface area contributed by atoms with Crippen molar-refractivity contribution < 1.29 is 4.39 Å². The molecule has 144 valence electrons. The third-order valence-corrected chi connectivity index (χ3v) is 5.09. The normalized spacial score (nSPS) is 12.7. The van der Waals surface area contributed by atoms with Crippen molar-refractivity contribution in [2.75, 3.05) is 0 Å². The maximum absolute atomic E-state index is 14.0. The number of imidazole rings is 2. The minimum absolute atomic E-state index is 0.0103. The number of halogens is 2. The fraction of sp³-hybridized carbons (Fsp3) is 0.105. The van der Waals surface area contributed by atoms with Crippen LogP contribution in [-0.4, -0.2) is 34.1 Å². The minimum atomic E-state index is -0.564. The smallest absolute Gasteiger partial charge is 0.303 e. The first-order valence-corrected chi connectivity index (χ1v) is 9.10. The first kappa shape index (κ1) is 17.5. The summed E-state index contributed by atoms with van der Waals surface area (Å²) in [6.07, 6.45) is 6.38. The zero-order chi connectivity index (χ0) is 20.1. The first-order valence-electron chi connectivity index (χ1n) is 8.72. The van der Waals surface area contributed by atoms with Gasteiger partial charge in [0, 0.05) is 18.5 Å². The minimum Gasteiger partial charge on any atom is -0.303 e. The summed E-state index contributed by atoms with van der Waals surface area (Å²) in [6, 6.07) is 6.12. The number of fused-ring (bicyclic) bond motifs is 2. The third-order valence-electron chi connectivity index (χ3n) is 4.80. The van der Waals surface area contributed by atoms with Crippen LogP contribution in [0.25, 0.3) is 28.1 Å². The molecular weight excluding hydrogens is 397 g/mol. The van der Waals surface area contributed by atoms with Crippen molar-refractivity contribution >= 4 is 33.8 Å². The number of rotatable bonds is 3. The maximum Gasteiger partial charge on any atom is 0.328 e. The number of aromatic amines is 1. The Balaban J connectivity index is 1.70. The summed E-state index contributed by atoms with van der Waals surface area (Å²) in [5, 5.41) is -0.0103. The van der Waals surface area contributed by atoms with E-state index in [-0.39, 0.29) is 22.7 Å². The molecule has 0 radical (unpaired) electrons. The number of pyridine rings is 1. The lowest BCUT2D eigenvalue weighted by Gasteiger charge is -2.13. The third kappa shape index (κ3) is 2.78. The molecule has 1 atom stereocenters. The van der Waals surface area contributed by atoms with Gasteiger partial charge in [-0.05, 0) is 24.6 Å². The number of hydrogen-bond acceptors (Lipinski definition) is 5. The number of benzene rings is 1. The molecule has 8 nitrogen and oxygen atoms in total. The lowest BCUT2D eigenvalue weighted by Crippen LogP contribution is -2.21. The Kier molecular flexibility index (Phi) is 3.92. The van der Waals surface area contributed by atoms with E-state index in [9.17, 15) is 9.18 Å². The van der Waals surface area contributed by atoms with E-state index in [2.05, 4.69) is 24.9 Å². The van der Waals surface area contributed by atoms with Crippen LogP contribution in [0.3, 0.4) is 0 Å². The number of aromatic nitrogens is 7. The first-order chi connectivity index (χ1) is 14.0. The largest absolute Gasteiger partial charge is 0.328 e. The van der Waals surface area contributed by atoms with E-state index in [1.54, 1.807) is 17.0 Å². The zero-order valence-corrected chi connectivity index (χ0v) is 15.8. The molecule has 29 heavy (non-hydrogen) atoms. The molecule has 0 aliphatic heterocycles. The molecule has 4 aromatic heterocycles. The number of nitrogens with zero attached hydrogens (tertiary/aromatic N) is 6. The van der Waals surface area contributed by atoms with Crippen molar-refractivity contribution in [3.8, 4) is 5.95 Å². The standard InChI is InChI=1S/C19H13ClFN7O/c1-10(11-3-2-4-22-7-11)28-17-15(25-19(28)29)8-23-18(26-17)27-9-24-14-5-12(20)13(21)6-16(14)27/h2-10H,1H3,(H,25,29). The lowest BCUT2D eigenvalue weighted by molar-refractivity contribution is 0.627. The van der Waals surface area contributed by atoms with Crippen LogP contribution in [0.2, 0.25) is 5.02 Å². The Hall–Kier alpha value is -3.59. The van der Waals surface area contributed by atoms with E-state index < -0.39 is 5.82 Å². The fourth-order valence-electron chi connectivity index (χ4n) is 3.32. The average Bonchev–Trinajstić information content (AvgIpc) is 3.27. The van der Waals surface area contributed by atoms with Gasteiger partial charge in [-0.2, -0.15) is 4.98 Å². The van der Waals surface area contributed by atoms with Gasteiger partial charge in [0.2, 0.25) is 5.95 Å². The van der Waals surface area contributed by atoms with Crippen molar-refractivity contribution in [1.82, 2.24) is 34.1 Å². The van der Waals surface area contributed by atoms with Gasteiger partial charge in [0.05, 0.1) is 28.3 Å². The summed E-state index contributed by atoms with van der Waals surface area (Å²) >= 11 is 5.83. The van der Waals surface area contributed by atoms with Gasteiger partial charge < -0.3 is 4.98 Å². The molecule has 5 rings (SSSR count). The molecule has 5 aromatic rings. The van der Waals surface area contributed by atoms with Gasteiger partial charge in [0.1, 0.15) is 17.7 Å². The summed E-state index contributed by atoms with van der Waals surface area (Å²) in [5.74, 6) is -0.307. The zero-order valence-electron chi connectivity index (χ0n) is 15.0. The second-order valence-electron chi connectivity index (χ2n) is 6.54. The van der Waals surface area contributed by atoms with Crippen molar-refractivity contribution in [3.05, 3.63) is 76.1 Å². The molecule has 10 heteroatoms. The van der Waals surface area contributed by atoms with E-state index in [0.717, 1.165) is 5.56 Å². The molecule has 0 saturated carbocycles. The van der Waals surface area contributed by atoms with Crippen LogP contribution >= 0.6 is 11.6 Å². The Labute approximate surface area is 167 Å². The highest BCUT2D eigenvalue weighted by Crippen LogP contribution is 2.24. The summed E-state index contributed by atoms with van der Waals surface area (Å²) in [5.41, 5.74) is 2.45. The molecule has 0 spiro atoms. The molecular formula is C19H13ClFN7O. The van der Waals surface area contributed by atoms with Crippen LogP contribution in [0.5, 0.6) is 0 Å². The quantitative estimate of drug-likeness (QED) is 0.493. The summed E-state index contributed by atoms with van der Waals surface area (Å²) in [6.45, 7) is 1.89. The molecule has 1 unspecified atom stereocenters. The van der Waals surface area contributed by atoms with E-state index >= 15 is 0 Å². The maximum atomic E-state index is 14.0. The van der Waals surface area contributed by atoms with Crippen LogP contribution < -0.4 is 5.69 Å². The Morgan fingerprint density at radius 3 is 2.90 bits per heavy atom. The molecule has 0 saturated heterocycles. The van der Waals surface area contributed by atoms with E-state index in [1.165, 1.54) is 29.2 Å². The average molecular weight is 410 g/mol. The highest BCUT2D eigenvalue weighted by molar-refractivity contribution is 6.31. The van der Waals surface area contributed by atoms with Gasteiger partial charge in [-0.3, -0.25) is 14.1 Å². The monoisotopic (exact) mass is 409 g/mol. The van der Waals surface area contributed by atoms with E-state index in [4.69, 9.17) is 11.6 Å². The summed E-state index contributed by atoms with van der Waals surface area (Å²) in [7, 11) is 0. The molecule has 1 aromatic carbocycles. The predicted molar refractivity (Wildman–Crippen MR) is 106 cm³/mol. The van der Waals surface area contributed by atoms with Gasteiger partial charge >= 0.3 is 5.69 Å². The molecule has 0 bridgehead atoms. The second-order valence-corrected chi connectivity index (χ2v) is 6.95. The highest BCUT2D eigenvalue weighted by Gasteiger charge is 2.18. The number of hydrogen-bond donors (Lipinski definition) is 1. The van der Waals surface area contributed by atoms with Crippen molar-refractivity contribution in [3.63, 3.8) is 0 Å². The molecule has 0 aliphatic rings. The molecule has 0 aliphatic carbocycles. The number of H-pyrrole nitrogens is 1. The predicted octanol–water partition coefficient (Wildman–Crippen LogP) is 3.26. The van der Waals surface area contributed by atoms with Gasteiger partial charge in [0.25, 0.3) is 0 Å². The van der Waals surface area contributed by atoms with Crippen molar-refractivity contribution in [1.29, 1.82) is 0 Å². The van der Waals surface area contributed by atoms with Crippen LogP contribution in [0.15, 0.2) is 54.0 Å². The van der Waals surface area contributed by atoms with Crippen molar-refractivity contribution in [2.24, 2.45) is 0 Å².